The monoisotopic (exact) mass is 547 g/mol. The minimum Gasteiger partial charge on any atom is -0.371 e. The number of halogens is 7. The van der Waals surface area contributed by atoms with Crippen molar-refractivity contribution in [3.63, 3.8) is 0 Å². The minimum atomic E-state index is -4.91. The molecule has 3 aromatic rings. The maximum Gasteiger partial charge on any atom is 0.416 e. The molecular weight excluding hydrogens is 524 g/mol. The van der Waals surface area contributed by atoms with E-state index in [4.69, 9.17) is 4.74 Å². The quantitative estimate of drug-likeness (QED) is 0.420. The van der Waals surface area contributed by atoms with Crippen LogP contribution in [-0.2, 0) is 29.2 Å². The lowest BCUT2D eigenvalue weighted by molar-refractivity contribution is -0.143. The molecule has 6 nitrogen and oxygen atoms in total. The van der Waals surface area contributed by atoms with Gasteiger partial charge in [0.1, 0.15) is 5.82 Å². The Morgan fingerprint density at radius 2 is 1.65 bits per heavy atom. The number of piperidine rings is 1. The Morgan fingerprint density at radius 3 is 2.22 bits per heavy atom. The highest BCUT2D eigenvalue weighted by atomic mass is 35.5. The molecule has 0 spiro atoms. The van der Waals surface area contributed by atoms with E-state index in [9.17, 15) is 26.3 Å². The highest BCUT2D eigenvalue weighted by molar-refractivity contribution is 5.85. The van der Waals surface area contributed by atoms with Crippen LogP contribution in [0.1, 0.15) is 53.4 Å². The number of alkyl halides is 6. The number of nitrogens with zero attached hydrogens (tertiary/aromatic N) is 4. The van der Waals surface area contributed by atoms with Gasteiger partial charge >= 0.3 is 12.4 Å². The van der Waals surface area contributed by atoms with E-state index in [1.54, 1.807) is 11.6 Å². The second kappa shape index (κ2) is 9.88. The van der Waals surface area contributed by atoms with Gasteiger partial charge in [0.15, 0.2) is 0 Å². The van der Waals surface area contributed by atoms with Crippen molar-refractivity contribution in [3.8, 4) is 0 Å². The van der Waals surface area contributed by atoms with Gasteiger partial charge in [-0.05, 0) is 65.9 Å². The Labute approximate surface area is 214 Å². The van der Waals surface area contributed by atoms with Gasteiger partial charge in [-0.3, -0.25) is 0 Å². The van der Waals surface area contributed by atoms with Crippen molar-refractivity contribution in [3.05, 3.63) is 76.6 Å². The third-order valence-corrected chi connectivity index (χ3v) is 7.09. The fourth-order valence-corrected chi connectivity index (χ4v) is 5.47. The van der Waals surface area contributed by atoms with Crippen molar-refractivity contribution in [1.29, 1.82) is 0 Å². The molecule has 0 aliphatic carbocycles. The fourth-order valence-electron chi connectivity index (χ4n) is 5.47. The molecule has 0 radical (unpaired) electrons. The van der Waals surface area contributed by atoms with Crippen molar-refractivity contribution in [2.24, 2.45) is 0 Å². The average Bonchev–Trinajstić information content (AvgIpc) is 3.39. The number of rotatable bonds is 5. The van der Waals surface area contributed by atoms with E-state index < -0.39 is 41.7 Å². The van der Waals surface area contributed by atoms with Crippen LogP contribution < -0.4 is 5.32 Å². The summed E-state index contributed by atoms with van der Waals surface area (Å²) in [5.41, 5.74) is -2.68. The fraction of sp³-hybridized carbons (Fsp3) is 0.458. The first-order valence-electron chi connectivity index (χ1n) is 11.4. The van der Waals surface area contributed by atoms with Gasteiger partial charge in [-0.25, -0.2) is 4.68 Å². The molecule has 2 aliphatic rings. The molecule has 5 rings (SSSR count). The molecule has 2 aromatic carbocycles. The van der Waals surface area contributed by atoms with Crippen molar-refractivity contribution < 1.29 is 31.1 Å². The second-order valence-corrected chi connectivity index (χ2v) is 9.32. The highest BCUT2D eigenvalue weighted by Gasteiger charge is 2.55. The average molecular weight is 548 g/mol. The summed E-state index contributed by atoms with van der Waals surface area (Å²) in [6, 6.07) is 11.0. The number of hydrogen-bond donors (Lipinski definition) is 1. The van der Waals surface area contributed by atoms with Crippen molar-refractivity contribution in [2.45, 2.75) is 68.9 Å². The number of benzene rings is 2. The number of fused-ring (bicyclic) bond motifs is 2. The van der Waals surface area contributed by atoms with Gasteiger partial charge in [0.05, 0.1) is 35.4 Å². The van der Waals surface area contributed by atoms with Crippen molar-refractivity contribution >= 4 is 12.4 Å². The first kappa shape index (κ1) is 27.3. The molecule has 4 atom stereocenters. The molecule has 0 amide bonds. The largest absolute Gasteiger partial charge is 0.416 e. The number of nitrogens with one attached hydrogen (secondary N) is 1. The molecule has 2 saturated heterocycles. The predicted molar refractivity (Wildman–Crippen MR) is 123 cm³/mol. The maximum absolute atomic E-state index is 13.3. The van der Waals surface area contributed by atoms with Crippen LogP contribution in [0.4, 0.5) is 26.3 Å². The van der Waals surface area contributed by atoms with Crippen LogP contribution in [0, 0.1) is 6.92 Å². The molecule has 13 heteroatoms. The van der Waals surface area contributed by atoms with Crippen LogP contribution in [0.15, 0.2) is 48.5 Å². The van der Waals surface area contributed by atoms with Crippen LogP contribution in [0.3, 0.4) is 0 Å². The van der Waals surface area contributed by atoms with Crippen LogP contribution in [-0.4, -0.2) is 32.4 Å². The van der Waals surface area contributed by atoms with Gasteiger partial charge < -0.3 is 10.1 Å². The topological polar surface area (TPSA) is 64.9 Å². The zero-order chi connectivity index (χ0) is 25.7. The minimum absolute atomic E-state index is 0. The first-order chi connectivity index (χ1) is 17.0. The van der Waals surface area contributed by atoms with Crippen LogP contribution in [0.2, 0.25) is 0 Å². The molecule has 2 aliphatic heterocycles. The summed E-state index contributed by atoms with van der Waals surface area (Å²) < 4.78 is 87.7. The summed E-state index contributed by atoms with van der Waals surface area (Å²) in [6.07, 6.45) is -8.53. The molecule has 1 N–H and O–H groups in total. The molecule has 0 saturated carbocycles. The van der Waals surface area contributed by atoms with E-state index in [1.165, 1.54) is 0 Å². The molecule has 2 bridgehead atoms. The number of aryl methyl sites for hydroxylation is 1. The van der Waals surface area contributed by atoms with E-state index in [0.29, 0.717) is 37.2 Å². The summed E-state index contributed by atoms with van der Waals surface area (Å²) in [5, 5.41) is 15.5. The normalized spacial score (nSPS) is 25.6. The smallest absolute Gasteiger partial charge is 0.371 e. The molecule has 0 unspecified atom stereocenters. The van der Waals surface area contributed by atoms with Gasteiger partial charge in [-0.1, -0.05) is 30.3 Å². The summed E-state index contributed by atoms with van der Waals surface area (Å²) in [6.45, 7) is 1.41. The van der Waals surface area contributed by atoms with Gasteiger partial charge in [-0.15, -0.1) is 17.5 Å². The Bertz CT molecular complexity index is 1200. The summed E-state index contributed by atoms with van der Waals surface area (Å²) in [4.78, 5) is 0. The third-order valence-electron chi connectivity index (χ3n) is 7.09. The van der Waals surface area contributed by atoms with E-state index in [2.05, 4.69) is 20.8 Å². The molecule has 3 heterocycles. The van der Waals surface area contributed by atoms with Crippen LogP contribution in [0.25, 0.3) is 0 Å². The van der Waals surface area contributed by atoms with E-state index in [1.807, 2.05) is 30.3 Å². The van der Waals surface area contributed by atoms with Gasteiger partial charge in [0, 0.05) is 6.04 Å². The number of aromatic nitrogens is 4. The standard InChI is InChI=1S/C24H23F6N5O.ClH/c1-14-32-33-34-35(14)20-12-22(16-5-3-2-4-6-16)21(8-7-19(20)31-22)36-13-15-9-17(23(25,26)27)11-18(10-15)24(28,29)30;/h2-6,9-11,19-21,31H,7-8,12-13H2,1H3;1H/t19-,20+,21+,22+;/m0./s1. The summed E-state index contributed by atoms with van der Waals surface area (Å²) in [5.74, 6) is 0.652. The van der Waals surface area contributed by atoms with E-state index >= 15 is 0 Å². The lowest BCUT2D eigenvalue weighted by Crippen LogP contribution is -2.54. The van der Waals surface area contributed by atoms with Gasteiger partial charge in [0.2, 0.25) is 0 Å². The molecule has 37 heavy (non-hydrogen) atoms. The summed E-state index contributed by atoms with van der Waals surface area (Å²) in [7, 11) is 0. The second-order valence-electron chi connectivity index (χ2n) is 9.32. The van der Waals surface area contributed by atoms with E-state index in [-0.39, 0.29) is 36.1 Å². The molecular formula is C24H24ClF6N5O. The lowest BCUT2D eigenvalue weighted by Gasteiger charge is -2.42. The maximum atomic E-state index is 13.3. The number of ether oxygens (including phenoxy) is 1. The molecule has 200 valence electrons. The van der Waals surface area contributed by atoms with Crippen molar-refractivity contribution in [2.75, 3.05) is 0 Å². The Hall–Kier alpha value is -2.70. The van der Waals surface area contributed by atoms with Crippen LogP contribution >= 0.6 is 12.4 Å². The van der Waals surface area contributed by atoms with E-state index in [0.717, 1.165) is 5.56 Å². The number of hydrogen-bond acceptors (Lipinski definition) is 5. The van der Waals surface area contributed by atoms with Crippen molar-refractivity contribution in [1.82, 2.24) is 25.5 Å². The van der Waals surface area contributed by atoms with Crippen LogP contribution in [0.5, 0.6) is 0 Å². The SMILES string of the molecule is Cc1nnnn1[C@@H]1C[C@]2(c3ccccc3)N[C@H]1CC[C@H]2OCc1cc(C(F)(F)F)cc(C(F)(F)F)c1.Cl. The third kappa shape index (κ3) is 5.19. The first-order valence-corrected chi connectivity index (χ1v) is 11.4. The zero-order valence-corrected chi connectivity index (χ0v) is 20.4. The predicted octanol–water partition coefficient (Wildman–Crippen LogP) is 5.62. The Kier molecular flexibility index (Phi) is 7.30. The van der Waals surface area contributed by atoms with Gasteiger partial charge in [-0.2, -0.15) is 26.3 Å². The van der Waals surface area contributed by atoms with Gasteiger partial charge in [0.25, 0.3) is 0 Å². The molecule has 2 fully saturated rings. The highest BCUT2D eigenvalue weighted by Crippen LogP contribution is 2.49. The zero-order valence-electron chi connectivity index (χ0n) is 19.6. The Balaban J connectivity index is 0.00000320. The lowest BCUT2D eigenvalue weighted by atomic mass is 9.80. The Morgan fingerprint density at radius 1 is 1.00 bits per heavy atom. The molecule has 1 aromatic heterocycles. The number of tetrazole rings is 1. The summed E-state index contributed by atoms with van der Waals surface area (Å²) >= 11 is 0.